The summed E-state index contributed by atoms with van der Waals surface area (Å²) in [6, 6.07) is 1.11. The first-order chi connectivity index (χ1) is 9.25. The smallest absolute Gasteiger partial charge is 0.308 e. The number of halogens is 1. The van der Waals surface area contributed by atoms with Crippen molar-refractivity contribution in [2.45, 2.75) is 36.9 Å². The molecule has 0 amide bonds. The van der Waals surface area contributed by atoms with E-state index in [-0.39, 0.29) is 4.21 Å². The average molecular weight is 382 g/mol. The number of sulfonamides is 1. The summed E-state index contributed by atoms with van der Waals surface area (Å²) in [5.74, 6) is -1.57. The molecule has 1 N–H and O–H groups in total. The third-order valence-electron chi connectivity index (χ3n) is 3.64. The highest BCUT2D eigenvalue weighted by Gasteiger charge is 2.40. The summed E-state index contributed by atoms with van der Waals surface area (Å²) in [5, 5.41) is 9.18. The number of hydrogen-bond acceptors (Lipinski definition) is 4. The molecule has 1 aromatic rings. The Hall–Kier alpha value is -0.440. The van der Waals surface area contributed by atoms with Crippen molar-refractivity contribution in [2.75, 3.05) is 6.54 Å². The number of thiophene rings is 1. The van der Waals surface area contributed by atoms with Crippen LogP contribution in [-0.4, -0.2) is 36.4 Å². The Kier molecular flexibility index (Phi) is 4.58. The molecule has 0 saturated carbocycles. The van der Waals surface area contributed by atoms with Crippen LogP contribution in [0.1, 0.15) is 25.3 Å². The number of carbonyl (C=O) groups is 1. The normalized spacial score (nSPS) is 24.8. The molecule has 0 bridgehead atoms. The predicted octanol–water partition coefficient (Wildman–Crippen LogP) is 2.69. The zero-order valence-electron chi connectivity index (χ0n) is 11.2. The van der Waals surface area contributed by atoms with Crippen molar-refractivity contribution in [2.24, 2.45) is 5.92 Å². The van der Waals surface area contributed by atoms with E-state index in [1.54, 1.807) is 13.0 Å². The SMILES string of the molecule is Cc1cc(S(=O)(=O)N2CCC[C@@H](C(=O)O)[C@H]2C)sc1Br. The number of aliphatic carboxylic acids is 1. The van der Waals surface area contributed by atoms with Gasteiger partial charge in [-0.25, -0.2) is 8.42 Å². The second kappa shape index (κ2) is 5.75. The molecule has 0 radical (unpaired) electrons. The van der Waals surface area contributed by atoms with E-state index in [4.69, 9.17) is 0 Å². The van der Waals surface area contributed by atoms with Gasteiger partial charge in [0.15, 0.2) is 0 Å². The van der Waals surface area contributed by atoms with Crippen LogP contribution in [0.15, 0.2) is 14.1 Å². The summed E-state index contributed by atoms with van der Waals surface area (Å²) in [5.41, 5.74) is 0.869. The zero-order valence-corrected chi connectivity index (χ0v) is 14.4. The molecule has 1 aliphatic heterocycles. The summed E-state index contributed by atoms with van der Waals surface area (Å²) >= 11 is 4.49. The number of nitrogens with zero attached hydrogens (tertiary/aromatic N) is 1. The maximum Gasteiger partial charge on any atom is 0.308 e. The van der Waals surface area contributed by atoms with Crippen LogP contribution in [0.4, 0.5) is 0 Å². The summed E-state index contributed by atoms with van der Waals surface area (Å²) in [7, 11) is -3.62. The molecule has 5 nitrogen and oxygen atoms in total. The Morgan fingerprint density at radius 1 is 1.55 bits per heavy atom. The van der Waals surface area contributed by atoms with E-state index in [0.29, 0.717) is 19.4 Å². The lowest BCUT2D eigenvalue weighted by molar-refractivity contribution is -0.144. The zero-order chi connectivity index (χ0) is 15.1. The molecule has 2 rings (SSSR count). The van der Waals surface area contributed by atoms with Crippen molar-refractivity contribution in [3.8, 4) is 0 Å². The molecule has 1 fully saturated rings. The number of carboxylic acids is 1. The molecule has 0 spiro atoms. The first-order valence-electron chi connectivity index (χ1n) is 6.25. The molecule has 0 aromatic carbocycles. The van der Waals surface area contributed by atoms with Gasteiger partial charge in [-0.3, -0.25) is 4.79 Å². The predicted molar refractivity (Wildman–Crippen MR) is 80.5 cm³/mol. The van der Waals surface area contributed by atoms with E-state index in [1.807, 2.05) is 6.92 Å². The molecule has 20 heavy (non-hydrogen) atoms. The monoisotopic (exact) mass is 381 g/mol. The van der Waals surface area contributed by atoms with Gasteiger partial charge in [0.1, 0.15) is 4.21 Å². The van der Waals surface area contributed by atoms with Gasteiger partial charge in [-0.1, -0.05) is 0 Å². The molecule has 0 unspecified atom stereocenters. The van der Waals surface area contributed by atoms with Crippen LogP contribution in [0.5, 0.6) is 0 Å². The number of rotatable bonds is 3. The second-order valence-corrected chi connectivity index (χ2v) is 9.45. The molecule has 0 aliphatic carbocycles. The molecular weight excluding hydrogens is 366 g/mol. The van der Waals surface area contributed by atoms with E-state index >= 15 is 0 Å². The Morgan fingerprint density at radius 2 is 2.20 bits per heavy atom. The van der Waals surface area contributed by atoms with Gasteiger partial charge in [-0.2, -0.15) is 4.31 Å². The van der Waals surface area contributed by atoms with Crippen LogP contribution in [-0.2, 0) is 14.8 Å². The van der Waals surface area contributed by atoms with Crippen LogP contribution in [0.25, 0.3) is 0 Å². The highest BCUT2D eigenvalue weighted by molar-refractivity contribution is 9.11. The number of aryl methyl sites for hydroxylation is 1. The number of hydrogen-bond donors (Lipinski definition) is 1. The van der Waals surface area contributed by atoms with Gasteiger partial charge in [0.2, 0.25) is 0 Å². The molecule has 1 aromatic heterocycles. The van der Waals surface area contributed by atoms with Crippen molar-refractivity contribution in [1.82, 2.24) is 4.31 Å². The average Bonchev–Trinajstić information content (AvgIpc) is 2.70. The molecular formula is C12H16BrNO4S2. The lowest BCUT2D eigenvalue weighted by atomic mass is 9.92. The molecule has 112 valence electrons. The maximum absolute atomic E-state index is 12.7. The third-order valence-corrected chi connectivity index (χ3v) is 8.22. The van der Waals surface area contributed by atoms with Crippen molar-refractivity contribution in [1.29, 1.82) is 0 Å². The minimum absolute atomic E-state index is 0.264. The number of piperidine rings is 1. The number of carboxylic acid groups (broad SMARTS) is 1. The molecule has 8 heteroatoms. The molecule has 2 atom stereocenters. The Labute approximate surface area is 130 Å². The van der Waals surface area contributed by atoms with Crippen molar-refractivity contribution < 1.29 is 18.3 Å². The fourth-order valence-corrected chi connectivity index (χ4v) is 6.52. The molecule has 2 heterocycles. The van der Waals surface area contributed by atoms with Gasteiger partial charge in [-0.15, -0.1) is 11.3 Å². The Bertz CT molecular complexity index is 606. The minimum atomic E-state index is -3.62. The van der Waals surface area contributed by atoms with Crippen LogP contribution in [0.2, 0.25) is 0 Å². The van der Waals surface area contributed by atoms with Gasteiger partial charge in [-0.05, 0) is 54.2 Å². The fraction of sp³-hybridized carbons (Fsp3) is 0.583. The lowest BCUT2D eigenvalue weighted by Gasteiger charge is -2.35. The van der Waals surface area contributed by atoms with Crippen LogP contribution in [0, 0.1) is 12.8 Å². The largest absolute Gasteiger partial charge is 0.481 e. The van der Waals surface area contributed by atoms with Crippen LogP contribution in [0.3, 0.4) is 0 Å². The van der Waals surface area contributed by atoms with E-state index in [0.717, 1.165) is 9.35 Å². The Morgan fingerprint density at radius 3 is 2.70 bits per heavy atom. The summed E-state index contributed by atoms with van der Waals surface area (Å²) in [4.78, 5) is 11.2. The van der Waals surface area contributed by atoms with Gasteiger partial charge < -0.3 is 5.11 Å². The first kappa shape index (κ1) is 15.9. The quantitative estimate of drug-likeness (QED) is 0.872. The summed E-state index contributed by atoms with van der Waals surface area (Å²) < 4.78 is 27.7. The molecule has 1 aliphatic rings. The van der Waals surface area contributed by atoms with Crippen molar-refractivity contribution in [3.63, 3.8) is 0 Å². The van der Waals surface area contributed by atoms with E-state index in [9.17, 15) is 18.3 Å². The maximum atomic E-state index is 12.7. The highest BCUT2D eigenvalue weighted by Crippen LogP contribution is 2.35. The van der Waals surface area contributed by atoms with Crippen LogP contribution >= 0.6 is 27.3 Å². The lowest BCUT2D eigenvalue weighted by Crippen LogP contribution is -2.48. The topological polar surface area (TPSA) is 74.7 Å². The Balaban J connectivity index is 2.36. The van der Waals surface area contributed by atoms with Gasteiger partial charge >= 0.3 is 5.97 Å². The van der Waals surface area contributed by atoms with Crippen molar-refractivity contribution in [3.05, 3.63) is 15.4 Å². The van der Waals surface area contributed by atoms with Gasteiger partial charge in [0, 0.05) is 12.6 Å². The minimum Gasteiger partial charge on any atom is -0.481 e. The van der Waals surface area contributed by atoms with Crippen LogP contribution < -0.4 is 0 Å². The van der Waals surface area contributed by atoms with Crippen molar-refractivity contribution >= 4 is 43.3 Å². The summed E-state index contributed by atoms with van der Waals surface area (Å²) in [6.45, 7) is 3.88. The molecule has 1 saturated heterocycles. The van der Waals surface area contributed by atoms with E-state index in [1.165, 1.54) is 15.6 Å². The third kappa shape index (κ3) is 2.79. The van der Waals surface area contributed by atoms with E-state index < -0.39 is 28.0 Å². The summed E-state index contributed by atoms with van der Waals surface area (Å²) in [6.07, 6.45) is 1.10. The fourth-order valence-electron chi connectivity index (χ4n) is 2.46. The first-order valence-corrected chi connectivity index (χ1v) is 9.30. The second-order valence-electron chi connectivity index (χ2n) is 4.97. The van der Waals surface area contributed by atoms with E-state index in [2.05, 4.69) is 15.9 Å². The standard InChI is InChI=1S/C12H16BrNO4S2/c1-7-6-10(19-11(7)13)20(17,18)14-5-3-4-9(8(14)2)12(15)16/h6,8-9H,3-5H2,1-2H3,(H,15,16)/t8-,9-/m1/s1. The highest BCUT2D eigenvalue weighted by atomic mass is 79.9. The van der Waals surface area contributed by atoms with Gasteiger partial charge in [0.05, 0.1) is 9.70 Å². The van der Waals surface area contributed by atoms with Gasteiger partial charge in [0.25, 0.3) is 10.0 Å².